The first-order chi connectivity index (χ1) is 8.08. The van der Waals surface area contributed by atoms with Crippen molar-refractivity contribution in [2.24, 2.45) is 0 Å². The Labute approximate surface area is 110 Å². The van der Waals surface area contributed by atoms with Crippen molar-refractivity contribution in [2.45, 2.75) is 6.54 Å². The van der Waals surface area contributed by atoms with Crippen LogP contribution in [0.15, 0.2) is 12.1 Å². The lowest BCUT2D eigenvalue weighted by Gasteiger charge is -2.12. The van der Waals surface area contributed by atoms with E-state index < -0.39 is 5.97 Å². The fourth-order valence-electron chi connectivity index (χ4n) is 1.29. The summed E-state index contributed by atoms with van der Waals surface area (Å²) in [5.41, 5.74) is 0.786. The Bertz CT molecular complexity index is 410. The monoisotopic (exact) mass is 277 g/mol. The lowest BCUT2D eigenvalue weighted by Crippen LogP contribution is -2.15. The molecule has 0 saturated heterocycles. The largest absolute Gasteiger partial charge is 0.480 e. The molecule has 0 aliphatic heterocycles. The van der Waals surface area contributed by atoms with E-state index in [1.54, 1.807) is 19.2 Å². The molecule has 4 nitrogen and oxygen atoms in total. The van der Waals surface area contributed by atoms with Gasteiger partial charge in [-0.1, -0.05) is 23.2 Å². The zero-order chi connectivity index (χ0) is 12.8. The van der Waals surface area contributed by atoms with Gasteiger partial charge in [-0.2, -0.15) is 0 Å². The molecule has 0 heterocycles. The first-order valence-electron chi connectivity index (χ1n) is 4.90. The summed E-state index contributed by atoms with van der Waals surface area (Å²) in [4.78, 5) is 11.0. The Balaban J connectivity index is 2.91. The molecule has 94 valence electrons. The topological polar surface area (TPSA) is 47.6 Å². The predicted octanol–water partition coefficient (Wildman–Crippen LogP) is 2.26. The van der Waals surface area contributed by atoms with E-state index >= 15 is 0 Å². The fraction of sp³-hybridized carbons (Fsp3) is 0.364. The standard InChI is InChI=1S/C11H13Cl2NO3/c1-14-5-7-3-8(12)4-9(13)11(7)17-6-10(15)16-2/h3-4,14H,5-6H2,1-2H3. The zero-order valence-corrected chi connectivity index (χ0v) is 11.1. The molecule has 1 rings (SSSR count). The van der Waals surface area contributed by atoms with Crippen LogP contribution in [0.3, 0.4) is 0 Å². The van der Waals surface area contributed by atoms with Crippen molar-refractivity contribution < 1.29 is 14.3 Å². The number of halogens is 2. The van der Waals surface area contributed by atoms with Gasteiger partial charge in [-0.05, 0) is 19.2 Å². The highest BCUT2D eigenvalue weighted by molar-refractivity contribution is 6.35. The van der Waals surface area contributed by atoms with Crippen LogP contribution in [-0.2, 0) is 16.1 Å². The molecule has 1 aromatic rings. The second kappa shape index (κ2) is 6.69. The maximum atomic E-state index is 11.0. The Morgan fingerprint density at radius 2 is 2.12 bits per heavy atom. The van der Waals surface area contributed by atoms with E-state index in [0.29, 0.717) is 22.3 Å². The van der Waals surface area contributed by atoms with Gasteiger partial charge in [0.1, 0.15) is 5.75 Å². The van der Waals surface area contributed by atoms with Gasteiger partial charge in [0, 0.05) is 17.1 Å². The van der Waals surface area contributed by atoms with E-state index in [2.05, 4.69) is 10.1 Å². The quantitative estimate of drug-likeness (QED) is 0.839. The molecule has 0 fully saturated rings. The van der Waals surface area contributed by atoms with Gasteiger partial charge in [-0.25, -0.2) is 4.79 Å². The predicted molar refractivity (Wildman–Crippen MR) is 66.7 cm³/mol. The number of esters is 1. The van der Waals surface area contributed by atoms with Gasteiger partial charge in [0.25, 0.3) is 0 Å². The van der Waals surface area contributed by atoms with Gasteiger partial charge in [0.2, 0.25) is 0 Å². The lowest BCUT2D eigenvalue weighted by atomic mass is 10.2. The van der Waals surface area contributed by atoms with Gasteiger partial charge in [-0.3, -0.25) is 0 Å². The van der Waals surface area contributed by atoms with E-state index in [0.717, 1.165) is 5.56 Å². The number of rotatable bonds is 5. The average molecular weight is 278 g/mol. The molecule has 0 aromatic heterocycles. The van der Waals surface area contributed by atoms with Crippen molar-refractivity contribution >= 4 is 29.2 Å². The third-order valence-corrected chi connectivity index (χ3v) is 2.51. The van der Waals surface area contributed by atoms with Crippen LogP contribution in [0.4, 0.5) is 0 Å². The van der Waals surface area contributed by atoms with Crippen molar-refractivity contribution in [3.8, 4) is 5.75 Å². The van der Waals surface area contributed by atoms with Crippen molar-refractivity contribution in [3.05, 3.63) is 27.7 Å². The van der Waals surface area contributed by atoms with Gasteiger partial charge in [0.15, 0.2) is 6.61 Å². The number of carbonyl (C=O) groups excluding carboxylic acids is 1. The summed E-state index contributed by atoms with van der Waals surface area (Å²) in [5, 5.41) is 3.85. The SMILES string of the molecule is CNCc1cc(Cl)cc(Cl)c1OCC(=O)OC. The van der Waals surface area contributed by atoms with Crippen molar-refractivity contribution in [1.82, 2.24) is 5.32 Å². The summed E-state index contributed by atoms with van der Waals surface area (Å²) >= 11 is 11.9. The molecule has 0 spiro atoms. The summed E-state index contributed by atoms with van der Waals surface area (Å²) in [7, 11) is 3.09. The molecule has 0 aliphatic rings. The second-order valence-corrected chi connectivity index (χ2v) is 4.11. The minimum Gasteiger partial charge on any atom is -0.480 e. The van der Waals surface area contributed by atoms with Crippen LogP contribution < -0.4 is 10.1 Å². The van der Waals surface area contributed by atoms with E-state index in [1.807, 2.05) is 0 Å². The normalized spacial score (nSPS) is 10.1. The summed E-state index contributed by atoms with van der Waals surface area (Å²) < 4.78 is 9.81. The number of hydrogen-bond donors (Lipinski definition) is 1. The van der Waals surface area contributed by atoms with Crippen molar-refractivity contribution in [2.75, 3.05) is 20.8 Å². The minimum atomic E-state index is -0.466. The second-order valence-electron chi connectivity index (χ2n) is 3.27. The number of carbonyl (C=O) groups is 1. The van der Waals surface area contributed by atoms with Gasteiger partial charge < -0.3 is 14.8 Å². The van der Waals surface area contributed by atoms with Crippen molar-refractivity contribution in [3.63, 3.8) is 0 Å². The number of nitrogens with one attached hydrogen (secondary N) is 1. The number of benzene rings is 1. The number of hydrogen-bond acceptors (Lipinski definition) is 4. The van der Waals surface area contributed by atoms with Crippen LogP contribution in [0.1, 0.15) is 5.56 Å². The molecule has 0 amide bonds. The third-order valence-electron chi connectivity index (χ3n) is 2.01. The van der Waals surface area contributed by atoms with E-state index in [4.69, 9.17) is 27.9 Å². The fourth-order valence-corrected chi connectivity index (χ4v) is 1.88. The molecule has 0 aliphatic carbocycles. The molecule has 0 saturated carbocycles. The molecular formula is C11H13Cl2NO3. The molecule has 17 heavy (non-hydrogen) atoms. The van der Waals surface area contributed by atoms with E-state index in [1.165, 1.54) is 7.11 Å². The Morgan fingerprint density at radius 3 is 2.71 bits per heavy atom. The molecule has 0 unspecified atom stereocenters. The van der Waals surface area contributed by atoms with Crippen LogP contribution in [0.25, 0.3) is 0 Å². The highest BCUT2D eigenvalue weighted by Crippen LogP contribution is 2.32. The summed E-state index contributed by atoms with van der Waals surface area (Å²) in [5.74, 6) is -0.0257. The van der Waals surface area contributed by atoms with Crippen LogP contribution in [0.5, 0.6) is 5.75 Å². The highest BCUT2D eigenvalue weighted by Gasteiger charge is 2.12. The van der Waals surface area contributed by atoms with Gasteiger partial charge in [0.05, 0.1) is 12.1 Å². The van der Waals surface area contributed by atoms with Crippen LogP contribution >= 0.6 is 23.2 Å². The Hall–Kier alpha value is -0.970. The molecule has 0 radical (unpaired) electrons. The molecule has 1 aromatic carbocycles. The summed E-state index contributed by atoms with van der Waals surface area (Å²) in [6, 6.07) is 3.30. The van der Waals surface area contributed by atoms with Gasteiger partial charge >= 0.3 is 5.97 Å². The first kappa shape index (κ1) is 14.1. The minimum absolute atomic E-state index is 0.186. The third kappa shape index (κ3) is 4.07. The number of methoxy groups -OCH3 is 1. The Morgan fingerprint density at radius 1 is 1.41 bits per heavy atom. The lowest BCUT2D eigenvalue weighted by molar-refractivity contribution is -0.142. The molecule has 1 N–H and O–H groups in total. The van der Waals surface area contributed by atoms with E-state index in [9.17, 15) is 4.79 Å². The molecule has 0 atom stereocenters. The molecule has 0 bridgehead atoms. The summed E-state index contributed by atoms with van der Waals surface area (Å²) in [6.07, 6.45) is 0. The maximum absolute atomic E-state index is 11.0. The van der Waals surface area contributed by atoms with Crippen molar-refractivity contribution in [1.29, 1.82) is 0 Å². The van der Waals surface area contributed by atoms with Gasteiger partial charge in [-0.15, -0.1) is 0 Å². The molecular weight excluding hydrogens is 265 g/mol. The maximum Gasteiger partial charge on any atom is 0.343 e. The molecule has 6 heteroatoms. The highest BCUT2D eigenvalue weighted by atomic mass is 35.5. The van der Waals surface area contributed by atoms with E-state index in [-0.39, 0.29) is 6.61 Å². The number of ether oxygens (including phenoxy) is 2. The average Bonchev–Trinajstić information content (AvgIpc) is 2.27. The van der Waals surface area contributed by atoms with Crippen LogP contribution in [0.2, 0.25) is 10.0 Å². The first-order valence-corrected chi connectivity index (χ1v) is 5.66. The van der Waals surface area contributed by atoms with Crippen LogP contribution in [-0.4, -0.2) is 26.7 Å². The van der Waals surface area contributed by atoms with Crippen LogP contribution in [0, 0.1) is 0 Å². The Kier molecular flexibility index (Phi) is 5.55. The zero-order valence-electron chi connectivity index (χ0n) is 9.55. The summed E-state index contributed by atoms with van der Waals surface area (Å²) in [6.45, 7) is 0.353. The smallest absolute Gasteiger partial charge is 0.343 e.